The monoisotopic (exact) mass is 371 g/mol. The molecule has 0 saturated carbocycles. The van der Waals surface area contributed by atoms with Crippen LogP contribution < -0.4 is 10.0 Å². The molecule has 2 rings (SSSR count). The van der Waals surface area contributed by atoms with Crippen LogP contribution in [0.25, 0.3) is 0 Å². The molecule has 142 valence electrons. The van der Waals surface area contributed by atoms with Crippen LogP contribution >= 0.6 is 0 Å². The second kappa shape index (κ2) is 8.77. The van der Waals surface area contributed by atoms with Crippen LogP contribution in [0.2, 0.25) is 0 Å². The smallest absolute Gasteiger partial charge is 0.259 e. The second-order valence-electron chi connectivity index (χ2n) is 6.60. The third-order valence-corrected chi connectivity index (χ3v) is 6.09. The van der Waals surface area contributed by atoms with E-state index in [1.165, 1.54) is 6.20 Å². The number of rotatable bonds is 8. The molecule has 25 heavy (non-hydrogen) atoms. The Balaban J connectivity index is 1.75. The van der Waals surface area contributed by atoms with Crippen molar-refractivity contribution in [2.24, 2.45) is 13.0 Å². The third-order valence-electron chi connectivity index (χ3n) is 4.76. The molecule has 0 aliphatic carbocycles. The lowest BCUT2D eigenvalue weighted by Crippen LogP contribution is -2.40. The van der Waals surface area contributed by atoms with E-state index in [9.17, 15) is 13.2 Å². The first-order valence-electron chi connectivity index (χ1n) is 8.75. The molecule has 1 fully saturated rings. The van der Waals surface area contributed by atoms with Gasteiger partial charge in [0.2, 0.25) is 5.91 Å². The fourth-order valence-electron chi connectivity index (χ4n) is 3.00. The van der Waals surface area contributed by atoms with Crippen LogP contribution in [-0.2, 0) is 21.9 Å². The summed E-state index contributed by atoms with van der Waals surface area (Å²) in [6.07, 6.45) is 4.82. The number of piperidine rings is 1. The Morgan fingerprint density at radius 1 is 1.32 bits per heavy atom. The molecule has 1 amide bonds. The highest BCUT2D eigenvalue weighted by Gasteiger charge is 2.23. The summed E-state index contributed by atoms with van der Waals surface area (Å²) < 4.78 is 28.5. The molecule has 8 nitrogen and oxygen atoms in total. The Labute approximate surface area is 150 Å². The number of hydrogen-bond donors (Lipinski definition) is 2. The summed E-state index contributed by atoms with van der Waals surface area (Å²) in [5, 5.41) is 3.15. The van der Waals surface area contributed by atoms with Crippen molar-refractivity contribution in [3.05, 3.63) is 12.0 Å². The Hall–Kier alpha value is -1.45. The van der Waals surface area contributed by atoms with E-state index in [2.05, 4.69) is 15.0 Å². The van der Waals surface area contributed by atoms with Gasteiger partial charge in [0.05, 0.1) is 0 Å². The maximum Gasteiger partial charge on any atom is 0.259 e. The van der Waals surface area contributed by atoms with E-state index >= 15 is 0 Å². The fraction of sp³-hybridized carbons (Fsp3) is 0.750. The average molecular weight is 372 g/mol. The SMILES string of the molecule is CNCCC1CCN(C(=O)CCNS(=O)(=O)c2cn(C)c(C)n2)CC1. The first-order valence-corrected chi connectivity index (χ1v) is 10.2. The quantitative estimate of drug-likeness (QED) is 0.683. The molecule has 1 saturated heterocycles. The molecule has 0 spiro atoms. The van der Waals surface area contributed by atoms with Crippen molar-refractivity contribution < 1.29 is 13.2 Å². The van der Waals surface area contributed by atoms with E-state index in [-0.39, 0.29) is 23.9 Å². The molecule has 0 radical (unpaired) electrons. The number of carbonyl (C=O) groups excluding carboxylic acids is 1. The Kier molecular flexibility index (Phi) is 6.97. The van der Waals surface area contributed by atoms with Crippen LogP contribution in [0.15, 0.2) is 11.2 Å². The summed E-state index contributed by atoms with van der Waals surface area (Å²) in [6, 6.07) is 0. The Bertz CT molecular complexity index is 658. The summed E-state index contributed by atoms with van der Waals surface area (Å²) in [7, 11) is 0.0245. The van der Waals surface area contributed by atoms with Gasteiger partial charge in [-0.2, -0.15) is 0 Å². The van der Waals surface area contributed by atoms with Gasteiger partial charge in [0.15, 0.2) is 5.03 Å². The topological polar surface area (TPSA) is 96.3 Å². The summed E-state index contributed by atoms with van der Waals surface area (Å²) in [5.41, 5.74) is 0. The standard InChI is InChI=1S/C16H29N5O3S/c1-13-19-15(12-20(13)3)25(23,24)18-9-5-16(22)21-10-6-14(7-11-21)4-8-17-2/h12,14,17-18H,4-11H2,1-3H3. The lowest BCUT2D eigenvalue weighted by molar-refractivity contribution is -0.132. The number of aryl methyl sites for hydroxylation is 2. The van der Waals surface area contributed by atoms with Crippen LogP contribution in [0, 0.1) is 12.8 Å². The van der Waals surface area contributed by atoms with Crippen molar-refractivity contribution in [2.75, 3.05) is 33.2 Å². The molecular weight excluding hydrogens is 342 g/mol. The van der Waals surface area contributed by atoms with E-state index in [1.807, 2.05) is 11.9 Å². The van der Waals surface area contributed by atoms with Crippen molar-refractivity contribution in [1.29, 1.82) is 0 Å². The number of carbonyl (C=O) groups is 1. The highest BCUT2D eigenvalue weighted by atomic mass is 32.2. The van der Waals surface area contributed by atoms with Crippen molar-refractivity contribution in [3.63, 3.8) is 0 Å². The van der Waals surface area contributed by atoms with E-state index in [0.717, 1.165) is 38.9 Å². The first-order chi connectivity index (χ1) is 11.8. The van der Waals surface area contributed by atoms with Gasteiger partial charge in [-0.05, 0) is 45.7 Å². The van der Waals surface area contributed by atoms with Gasteiger partial charge < -0.3 is 14.8 Å². The summed E-state index contributed by atoms with van der Waals surface area (Å²) in [6.45, 7) is 4.37. The van der Waals surface area contributed by atoms with Gasteiger partial charge in [0.25, 0.3) is 10.0 Å². The average Bonchev–Trinajstić information content (AvgIpc) is 2.93. The van der Waals surface area contributed by atoms with Gasteiger partial charge in [0.1, 0.15) is 5.82 Å². The predicted octanol–water partition coefficient (Wildman–Crippen LogP) is 0.245. The number of nitrogens with one attached hydrogen (secondary N) is 2. The largest absolute Gasteiger partial charge is 0.343 e. The molecule has 1 aliphatic rings. The number of imidazole rings is 1. The molecule has 1 aromatic heterocycles. The molecule has 2 N–H and O–H groups in total. The first kappa shape index (κ1) is 19.9. The summed E-state index contributed by atoms with van der Waals surface area (Å²) in [4.78, 5) is 18.1. The predicted molar refractivity (Wildman–Crippen MR) is 95.6 cm³/mol. The molecule has 1 aliphatic heterocycles. The molecule has 0 aromatic carbocycles. The highest BCUT2D eigenvalue weighted by Crippen LogP contribution is 2.20. The van der Waals surface area contributed by atoms with E-state index in [4.69, 9.17) is 0 Å². The maximum atomic E-state index is 12.3. The maximum absolute atomic E-state index is 12.3. The third kappa shape index (κ3) is 5.52. The number of amides is 1. The normalized spacial score (nSPS) is 16.4. The number of hydrogen-bond acceptors (Lipinski definition) is 5. The molecule has 0 bridgehead atoms. The van der Waals surface area contributed by atoms with Crippen molar-refractivity contribution >= 4 is 15.9 Å². The minimum atomic E-state index is -3.67. The van der Waals surface area contributed by atoms with Gasteiger partial charge in [-0.3, -0.25) is 4.79 Å². The van der Waals surface area contributed by atoms with Crippen molar-refractivity contribution in [2.45, 2.75) is 37.6 Å². The molecule has 0 atom stereocenters. The van der Waals surface area contributed by atoms with E-state index in [1.54, 1.807) is 18.5 Å². The van der Waals surface area contributed by atoms with Crippen LogP contribution in [0.4, 0.5) is 0 Å². The Morgan fingerprint density at radius 3 is 2.56 bits per heavy atom. The van der Waals surface area contributed by atoms with Gasteiger partial charge in [0, 0.05) is 39.3 Å². The minimum Gasteiger partial charge on any atom is -0.343 e. The zero-order valence-corrected chi connectivity index (χ0v) is 16.1. The number of likely N-dealkylation sites (tertiary alicyclic amines) is 1. The zero-order valence-electron chi connectivity index (χ0n) is 15.3. The number of sulfonamides is 1. The molecule has 1 aromatic rings. The lowest BCUT2D eigenvalue weighted by Gasteiger charge is -2.32. The van der Waals surface area contributed by atoms with Gasteiger partial charge in [-0.25, -0.2) is 18.1 Å². The lowest BCUT2D eigenvalue weighted by atomic mass is 9.93. The number of nitrogens with zero attached hydrogens (tertiary/aromatic N) is 3. The van der Waals surface area contributed by atoms with Crippen LogP contribution in [0.1, 0.15) is 31.5 Å². The highest BCUT2D eigenvalue weighted by molar-refractivity contribution is 7.89. The zero-order chi connectivity index (χ0) is 18.4. The summed E-state index contributed by atoms with van der Waals surface area (Å²) in [5.74, 6) is 1.30. The van der Waals surface area contributed by atoms with Gasteiger partial charge in [-0.1, -0.05) is 0 Å². The molecular formula is C16H29N5O3S. The Morgan fingerprint density at radius 2 is 2.00 bits per heavy atom. The molecule has 2 heterocycles. The van der Waals surface area contributed by atoms with Crippen molar-refractivity contribution in [3.8, 4) is 0 Å². The number of aromatic nitrogens is 2. The van der Waals surface area contributed by atoms with Crippen LogP contribution in [-0.4, -0.2) is 62.0 Å². The van der Waals surface area contributed by atoms with E-state index in [0.29, 0.717) is 11.7 Å². The van der Waals surface area contributed by atoms with Gasteiger partial charge in [-0.15, -0.1) is 0 Å². The van der Waals surface area contributed by atoms with Crippen molar-refractivity contribution in [1.82, 2.24) is 24.5 Å². The van der Waals surface area contributed by atoms with E-state index < -0.39 is 10.0 Å². The molecule has 9 heteroatoms. The van der Waals surface area contributed by atoms with Crippen LogP contribution in [0.5, 0.6) is 0 Å². The summed E-state index contributed by atoms with van der Waals surface area (Å²) >= 11 is 0. The second-order valence-corrected chi connectivity index (χ2v) is 8.32. The van der Waals surface area contributed by atoms with Gasteiger partial charge >= 0.3 is 0 Å². The molecule has 0 unspecified atom stereocenters. The fourth-order valence-corrected chi connectivity index (χ4v) is 4.07. The minimum absolute atomic E-state index is 0.00645. The van der Waals surface area contributed by atoms with Crippen LogP contribution in [0.3, 0.4) is 0 Å².